The summed E-state index contributed by atoms with van der Waals surface area (Å²) in [5, 5.41) is -0.202. The molecular formula is C29H25ClF4N2O3. The molecule has 0 saturated carbocycles. The van der Waals surface area contributed by atoms with Crippen LogP contribution in [0.4, 0.5) is 17.6 Å². The van der Waals surface area contributed by atoms with Crippen LogP contribution < -0.4 is 5.73 Å². The van der Waals surface area contributed by atoms with Crippen LogP contribution in [0.5, 0.6) is 0 Å². The Kier molecular flexibility index (Phi) is 7.49. The Labute approximate surface area is 226 Å². The third-order valence-electron chi connectivity index (χ3n) is 6.46. The SMILES string of the molecule is CC(C)(C)c1ccc(COC(=O)c2c(F)c(Cl)cc3c(C(C(N)=O)c4ccc(C(F)(F)F)cc4)c[nH]c23)cc1. The fourth-order valence-electron chi connectivity index (χ4n) is 4.35. The third-order valence-corrected chi connectivity index (χ3v) is 6.74. The predicted octanol–water partition coefficient (Wildman–Crippen LogP) is 7.25. The highest BCUT2D eigenvalue weighted by Crippen LogP contribution is 2.37. The van der Waals surface area contributed by atoms with Gasteiger partial charge in [-0.15, -0.1) is 0 Å². The summed E-state index contributed by atoms with van der Waals surface area (Å²) in [6.45, 7) is 6.08. The smallest absolute Gasteiger partial charge is 0.416 e. The van der Waals surface area contributed by atoms with Crippen molar-refractivity contribution < 1.29 is 31.9 Å². The summed E-state index contributed by atoms with van der Waals surface area (Å²) in [5.41, 5.74) is 6.39. The Hall–Kier alpha value is -3.85. The zero-order valence-corrected chi connectivity index (χ0v) is 22.0. The van der Waals surface area contributed by atoms with Gasteiger partial charge in [-0.1, -0.05) is 68.8 Å². The molecule has 5 nitrogen and oxygen atoms in total. The minimum Gasteiger partial charge on any atom is -0.457 e. The highest BCUT2D eigenvalue weighted by molar-refractivity contribution is 6.32. The fourth-order valence-corrected chi connectivity index (χ4v) is 4.55. The molecule has 39 heavy (non-hydrogen) atoms. The van der Waals surface area contributed by atoms with E-state index < -0.39 is 45.9 Å². The van der Waals surface area contributed by atoms with E-state index in [1.807, 2.05) is 24.3 Å². The van der Waals surface area contributed by atoms with Gasteiger partial charge in [0, 0.05) is 11.6 Å². The number of halogens is 5. The average Bonchev–Trinajstić information content (AvgIpc) is 3.25. The van der Waals surface area contributed by atoms with Crippen LogP contribution >= 0.6 is 11.6 Å². The summed E-state index contributed by atoms with van der Waals surface area (Å²) in [6, 6.07) is 12.6. The summed E-state index contributed by atoms with van der Waals surface area (Å²) in [7, 11) is 0. The minimum atomic E-state index is -4.56. The lowest BCUT2D eigenvalue weighted by Crippen LogP contribution is -2.22. The van der Waals surface area contributed by atoms with E-state index in [1.165, 1.54) is 12.3 Å². The van der Waals surface area contributed by atoms with Gasteiger partial charge < -0.3 is 15.5 Å². The molecule has 1 aromatic heterocycles. The van der Waals surface area contributed by atoms with Crippen LogP contribution in [0.15, 0.2) is 60.8 Å². The molecule has 4 aromatic rings. The number of hydrogen-bond acceptors (Lipinski definition) is 3. The molecule has 3 aromatic carbocycles. The molecule has 1 amide bonds. The Morgan fingerprint density at radius 2 is 1.59 bits per heavy atom. The number of ether oxygens (including phenoxy) is 1. The number of nitrogens with two attached hydrogens (primary N) is 1. The first kappa shape index (κ1) is 28.2. The lowest BCUT2D eigenvalue weighted by Gasteiger charge is -2.19. The molecule has 0 fully saturated rings. The van der Waals surface area contributed by atoms with Crippen LogP contribution in [-0.2, 0) is 27.7 Å². The monoisotopic (exact) mass is 560 g/mol. The van der Waals surface area contributed by atoms with Crippen molar-refractivity contribution in [3.8, 4) is 0 Å². The van der Waals surface area contributed by atoms with Crippen molar-refractivity contribution in [2.45, 2.75) is 44.9 Å². The van der Waals surface area contributed by atoms with Crippen LogP contribution in [0.2, 0.25) is 5.02 Å². The van der Waals surface area contributed by atoms with Crippen molar-refractivity contribution in [2.24, 2.45) is 5.73 Å². The number of esters is 1. The highest BCUT2D eigenvalue weighted by Gasteiger charge is 2.32. The number of aromatic amines is 1. The largest absolute Gasteiger partial charge is 0.457 e. The Morgan fingerprint density at radius 1 is 1.00 bits per heavy atom. The lowest BCUT2D eigenvalue weighted by atomic mass is 9.87. The fraction of sp³-hybridized carbons (Fsp3) is 0.241. The molecule has 0 radical (unpaired) electrons. The number of carbonyl (C=O) groups is 2. The molecule has 10 heteroatoms. The number of primary amides is 1. The van der Waals surface area contributed by atoms with E-state index in [9.17, 15) is 22.8 Å². The summed E-state index contributed by atoms with van der Waals surface area (Å²) < 4.78 is 59.5. The summed E-state index contributed by atoms with van der Waals surface area (Å²) in [4.78, 5) is 28.2. The van der Waals surface area contributed by atoms with E-state index in [0.29, 0.717) is 5.56 Å². The molecule has 0 aliphatic heterocycles. The van der Waals surface area contributed by atoms with Gasteiger partial charge in [-0.2, -0.15) is 13.2 Å². The number of hydrogen-bond donors (Lipinski definition) is 2. The average molecular weight is 561 g/mol. The maximum Gasteiger partial charge on any atom is 0.416 e. The highest BCUT2D eigenvalue weighted by atomic mass is 35.5. The van der Waals surface area contributed by atoms with E-state index in [2.05, 4.69) is 25.8 Å². The molecule has 1 heterocycles. The number of H-pyrrole nitrogens is 1. The molecular weight excluding hydrogens is 536 g/mol. The number of nitrogens with one attached hydrogen (secondary N) is 1. The van der Waals surface area contributed by atoms with Gasteiger partial charge in [0.1, 0.15) is 12.2 Å². The molecule has 3 N–H and O–H groups in total. The number of alkyl halides is 3. The van der Waals surface area contributed by atoms with E-state index in [-0.39, 0.29) is 34.1 Å². The Bertz CT molecular complexity index is 1540. The molecule has 0 saturated heterocycles. The van der Waals surface area contributed by atoms with E-state index >= 15 is 4.39 Å². The van der Waals surface area contributed by atoms with Crippen molar-refractivity contribution in [3.05, 3.63) is 105 Å². The van der Waals surface area contributed by atoms with Crippen molar-refractivity contribution >= 4 is 34.4 Å². The normalized spacial score (nSPS) is 12.9. The van der Waals surface area contributed by atoms with Gasteiger partial charge in [0.15, 0.2) is 5.82 Å². The first-order valence-electron chi connectivity index (χ1n) is 11.9. The van der Waals surface area contributed by atoms with Crippen LogP contribution in [0.25, 0.3) is 10.9 Å². The molecule has 204 valence electrons. The molecule has 1 unspecified atom stereocenters. The van der Waals surface area contributed by atoms with Gasteiger partial charge in [0.2, 0.25) is 5.91 Å². The lowest BCUT2D eigenvalue weighted by molar-refractivity contribution is -0.137. The van der Waals surface area contributed by atoms with Gasteiger partial charge >= 0.3 is 12.1 Å². The molecule has 0 bridgehead atoms. The summed E-state index contributed by atoms with van der Waals surface area (Å²) >= 11 is 6.11. The maximum absolute atomic E-state index is 15.1. The molecule has 0 aliphatic carbocycles. The molecule has 4 rings (SSSR count). The molecule has 0 spiro atoms. The van der Waals surface area contributed by atoms with E-state index in [0.717, 1.165) is 29.8 Å². The topological polar surface area (TPSA) is 85.2 Å². The quantitative estimate of drug-likeness (QED) is 0.192. The third kappa shape index (κ3) is 5.78. The van der Waals surface area contributed by atoms with Crippen LogP contribution in [0.1, 0.15) is 64.9 Å². The van der Waals surface area contributed by atoms with Gasteiger partial charge in [0.05, 0.1) is 22.0 Å². The van der Waals surface area contributed by atoms with Crippen LogP contribution in [-0.4, -0.2) is 16.9 Å². The van der Waals surface area contributed by atoms with Gasteiger partial charge in [-0.05, 0) is 45.9 Å². The number of aromatic nitrogens is 1. The van der Waals surface area contributed by atoms with Gasteiger partial charge in [-0.25, -0.2) is 9.18 Å². The zero-order chi connectivity index (χ0) is 28.7. The summed E-state index contributed by atoms with van der Waals surface area (Å²) in [6.07, 6.45) is -3.22. The number of fused-ring (bicyclic) bond motifs is 1. The van der Waals surface area contributed by atoms with E-state index in [1.54, 1.807) is 0 Å². The van der Waals surface area contributed by atoms with Crippen molar-refractivity contribution in [1.29, 1.82) is 0 Å². The standard InChI is InChI=1S/C29H25ClF4N2O3/c1-28(2,3)17-8-4-15(5-9-17)14-39-27(38)23-24(31)21(30)12-19-20(13-36-25(19)23)22(26(35)37)16-6-10-18(11-7-16)29(32,33)34/h4-13,22,36H,14H2,1-3H3,(H2,35,37). The number of carbonyl (C=O) groups excluding carboxylic acids is 2. The van der Waals surface area contributed by atoms with Crippen molar-refractivity contribution in [2.75, 3.05) is 0 Å². The van der Waals surface area contributed by atoms with Crippen LogP contribution in [0, 0.1) is 5.82 Å². The minimum absolute atomic E-state index is 0.0122. The van der Waals surface area contributed by atoms with E-state index in [4.69, 9.17) is 22.1 Å². The first-order valence-corrected chi connectivity index (χ1v) is 12.3. The number of rotatable bonds is 6. The Morgan fingerprint density at radius 3 is 2.13 bits per heavy atom. The molecule has 1 atom stereocenters. The maximum atomic E-state index is 15.1. The summed E-state index contributed by atoms with van der Waals surface area (Å²) in [5.74, 6) is -4.07. The van der Waals surface area contributed by atoms with Gasteiger partial charge in [-0.3, -0.25) is 4.79 Å². The number of benzene rings is 3. The predicted molar refractivity (Wildman–Crippen MR) is 140 cm³/mol. The second kappa shape index (κ2) is 10.4. The van der Waals surface area contributed by atoms with Gasteiger partial charge in [0.25, 0.3) is 0 Å². The zero-order valence-electron chi connectivity index (χ0n) is 21.2. The second-order valence-electron chi connectivity index (χ2n) is 10.2. The molecule has 0 aliphatic rings. The number of amides is 1. The van der Waals surface area contributed by atoms with Crippen molar-refractivity contribution in [3.63, 3.8) is 0 Å². The second-order valence-corrected chi connectivity index (χ2v) is 10.6. The first-order chi connectivity index (χ1) is 18.2. The van der Waals surface area contributed by atoms with Crippen LogP contribution in [0.3, 0.4) is 0 Å². The van der Waals surface area contributed by atoms with Crippen molar-refractivity contribution in [1.82, 2.24) is 4.98 Å². The Balaban J connectivity index is 1.68.